The summed E-state index contributed by atoms with van der Waals surface area (Å²) in [6, 6.07) is 19.4. The highest BCUT2D eigenvalue weighted by atomic mass is 35.5. The Labute approximate surface area is 211 Å². The van der Waals surface area contributed by atoms with Crippen LogP contribution in [0.25, 0.3) is 17.0 Å². The van der Waals surface area contributed by atoms with Gasteiger partial charge in [0, 0.05) is 43.8 Å². The Kier molecular flexibility index (Phi) is 5.86. The molecule has 0 unspecified atom stereocenters. The minimum Gasteiger partial charge on any atom is -0.340 e. The standard InChI is InChI=1S/C26H18Cl3N3O2/c1-15-21(13-23-25(33)32(26(34)30-23)19-6-4-5-17(27)11-19)20-7-2-3-8-24(20)31(15)14-16-9-10-18(28)12-22(16)29/h2-13H,14H2,1H3,(H,30,34)/b23-13+. The van der Waals surface area contributed by atoms with Gasteiger partial charge in [0.1, 0.15) is 5.70 Å². The molecule has 0 spiro atoms. The first-order valence-electron chi connectivity index (χ1n) is 10.5. The maximum absolute atomic E-state index is 13.1. The number of urea groups is 1. The van der Waals surface area contributed by atoms with Crippen molar-refractivity contribution in [2.45, 2.75) is 13.5 Å². The van der Waals surface area contributed by atoms with Crippen LogP contribution < -0.4 is 10.2 Å². The molecule has 0 aliphatic carbocycles. The van der Waals surface area contributed by atoms with Crippen molar-refractivity contribution < 1.29 is 9.59 Å². The SMILES string of the molecule is Cc1c(/C=C2/NC(=O)N(c3cccc(Cl)c3)C2=O)c2ccccc2n1Cc1ccc(Cl)cc1Cl. The molecule has 1 N–H and O–H groups in total. The second kappa shape index (κ2) is 8.84. The van der Waals surface area contributed by atoms with Crippen LogP contribution in [0.1, 0.15) is 16.8 Å². The van der Waals surface area contributed by atoms with Crippen molar-refractivity contribution in [3.05, 3.63) is 104 Å². The molecule has 34 heavy (non-hydrogen) atoms. The first kappa shape index (κ1) is 22.5. The van der Waals surface area contributed by atoms with E-state index in [1.54, 1.807) is 36.4 Å². The number of benzene rings is 3. The molecule has 1 aliphatic rings. The minimum absolute atomic E-state index is 0.195. The number of rotatable bonds is 4. The van der Waals surface area contributed by atoms with Gasteiger partial charge in [0.05, 0.1) is 5.69 Å². The summed E-state index contributed by atoms with van der Waals surface area (Å²) in [5.41, 5.74) is 4.29. The van der Waals surface area contributed by atoms with Gasteiger partial charge in [-0.1, -0.05) is 65.1 Å². The highest BCUT2D eigenvalue weighted by molar-refractivity contribution is 6.35. The van der Waals surface area contributed by atoms with E-state index in [4.69, 9.17) is 34.8 Å². The van der Waals surface area contributed by atoms with Gasteiger partial charge in [-0.15, -0.1) is 0 Å². The van der Waals surface area contributed by atoms with E-state index in [0.29, 0.717) is 27.3 Å². The summed E-state index contributed by atoms with van der Waals surface area (Å²) < 4.78 is 2.13. The van der Waals surface area contributed by atoms with Crippen molar-refractivity contribution in [2.24, 2.45) is 0 Å². The number of amides is 3. The van der Waals surface area contributed by atoms with Gasteiger partial charge >= 0.3 is 6.03 Å². The van der Waals surface area contributed by atoms with E-state index in [2.05, 4.69) is 9.88 Å². The molecule has 0 saturated carbocycles. The number of nitrogens with zero attached hydrogens (tertiary/aromatic N) is 2. The van der Waals surface area contributed by atoms with E-state index >= 15 is 0 Å². The Hall–Kier alpha value is -3.25. The normalized spacial score (nSPS) is 14.9. The number of hydrogen-bond acceptors (Lipinski definition) is 2. The van der Waals surface area contributed by atoms with Crippen LogP contribution in [0, 0.1) is 6.92 Å². The predicted molar refractivity (Wildman–Crippen MR) is 138 cm³/mol. The van der Waals surface area contributed by atoms with Crippen LogP contribution in [0.2, 0.25) is 15.1 Å². The van der Waals surface area contributed by atoms with Crippen LogP contribution >= 0.6 is 34.8 Å². The van der Waals surface area contributed by atoms with E-state index in [9.17, 15) is 9.59 Å². The third kappa shape index (κ3) is 3.96. The van der Waals surface area contributed by atoms with Crippen molar-refractivity contribution in [3.63, 3.8) is 0 Å². The Morgan fingerprint density at radius 3 is 2.44 bits per heavy atom. The molecule has 1 aliphatic heterocycles. The van der Waals surface area contributed by atoms with Crippen molar-refractivity contribution in [3.8, 4) is 0 Å². The van der Waals surface area contributed by atoms with Crippen LogP contribution in [-0.4, -0.2) is 16.5 Å². The fourth-order valence-corrected chi connectivity index (χ4v) is 4.85. The highest BCUT2D eigenvalue weighted by Gasteiger charge is 2.35. The van der Waals surface area contributed by atoms with E-state index in [1.807, 2.05) is 43.3 Å². The third-order valence-electron chi connectivity index (χ3n) is 5.86. The van der Waals surface area contributed by atoms with Crippen molar-refractivity contribution in [1.29, 1.82) is 0 Å². The van der Waals surface area contributed by atoms with Gasteiger partial charge in [-0.3, -0.25) is 4.79 Å². The fraction of sp³-hybridized carbons (Fsp3) is 0.0769. The largest absolute Gasteiger partial charge is 0.340 e. The smallest absolute Gasteiger partial charge is 0.333 e. The molecule has 3 aromatic carbocycles. The summed E-state index contributed by atoms with van der Waals surface area (Å²) in [6.07, 6.45) is 1.72. The molecule has 0 radical (unpaired) electrons. The molecule has 4 aromatic rings. The van der Waals surface area contributed by atoms with Crippen molar-refractivity contribution >= 4 is 69.4 Å². The number of nitrogens with one attached hydrogen (secondary N) is 1. The Morgan fingerprint density at radius 1 is 0.912 bits per heavy atom. The average molecular weight is 511 g/mol. The Bertz CT molecular complexity index is 1510. The van der Waals surface area contributed by atoms with Gasteiger partial charge < -0.3 is 9.88 Å². The molecule has 3 amide bonds. The quantitative estimate of drug-likeness (QED) is 0.236. The van der Waals surface area contributed by atoms with Crippen LogP contribution in [0.4, 0.5) is 10.5 Å². The van der Waals surface area contributed by atoms with E-state index in [0.717, 1.165) is 32.6 Å². The summed E-state index contributed by atoms with van der Waals surface area (Å²) in [4.78, 5) is 26.9. The number of carbonyl (C=O) groups excluding carboxylic acids is 2. The molecule has 1 saturated heterocycles. The number of anilines is 1. The monoisotopic (exact) mass is 509 g/mol. The summed E-state index contributed by atoms with van der Waals surface area (Å²) in [7, 11) is 0. The second-order valence-corrected chi connectivity index (χ2v) is 9.23. The number of aromatic nitrogens is 1. The zero-order chi connectivity index (χ0) is 24.0. The van der Waals surface area contributed by atoms with Crippen LogP contribution in [0.3, 0.4) is 0 Å². The number of halogens is 3. The van der Waals surface area contributed by atoms with Gasteiger partial charge in [0.15, 0.2) is 0 Å². The maximum atomic E-state index is 13.1. The lowest BCUT2D eigenvalue weighted by Gasteiger charge is -2.11. The number of carbonyl (C=O) groups is 2. The van der Waals surface area contributed by atoms with Crippen LogP contribution in [0.5, 0.6) is 0 Å². The lowest BCUT2D eigenvalue weighted by atomic mass is 10.1. The number of imide groups is 1. The van der Waals surface area contributed by atoms with E-state index < -0.39 is 11.9 Å². The predicted octanol–water partition coefficient (Wildman–Crippen LogP) is 7.06. The molecule has 5 rings (SSSR count). The van der Waals surface area contributed by atoms with E-state index in [-0.39, 0.29) is 5.70 Å². The van der Waals surface area contributed by atoms with Crippen LogP contribution in [-0.2, 0) is 11.3 Å². The van der Waals surface area contributed by atoms with E-state index in [1.165, 1.54) is 0 Å². The number of hydrogen-bond donors (Lipinski definition) is 1. The van der Waals surface area contributed by atoms with Gasteiger partial charge in [0.2, 0.25) is 0 Å². The Balaban J connectivity index is 1.58. The number of fused-ring (bicyclic) bond motifs is 1. The summed E-state index contributed by atoms with van der Waals surface area (Å²) in [5.74, 6) is -0.441. The summed E-state index contributed by atoms with van der Waals surface area (Å²) in [5, 5.41) is 5.26. The zero-order valence-corrected chi connectivity index (χ0v) is 20.2. The van der Waals surface area contributed by atoms with Gasteiger partial charge in [-0.25, -0.2) is 9.69 Å². The molecular formula is C26H18Cl3N3O2. The van der Waals surface area contributed by atoms with Gasteiger partial charge in [-0.05, 0) is 55.0 Å². The molecule has 0 bridgehead atoms. The van der Waals surface area contributed by atoms with Crippen molar-refractivity contribution in [1.82, 2.24) is 9.88 Å². The first-order chi connectivity index (χ1) is 16.3. The lowest BCUT2D eigenvalue weighted by molar-refractivity contribution is -0.113. The molecule has 5 nitrogen and oxygen atoms in total. The molecular weight excluding hydrogens is 493 g/mol. The molecule has 1 fully saturated rings. The fourth-order valence-electron chi connectivity index (χ4n) is 4.19. The van der Waals surface area contributed by atoms with Gasteiger partial charge in [0.25, 0.3) is 5.91 Å². The lowest BCUT2D eigenvalue weighted by Crippen LogP contribution is -2.30. The topological polar surface area (TPSA) is 54.3 Å². The first-order valence-corrected chi connectivity index (χ1v) is 11.6. The summed E-state index contributed by atoms with van der Waals surface area (Å²) >= 11 is 18.5. The highest BCUT2D eigenvalue weighted by Crippen LogP contribution is 2.32. The molecule has 1 aromatic heterocycles. The van der Waals surface area contributed by atoms with Crippen LogP contribution in [0.15, 0.2) is 72.4 Å². The molecule has 170 valence electrons. The molecule has 2 heterocycles. The molecule has 0 atom stereocenters. The second-order valence-electron chi connectivity index (χ2n) is 7.95. The Morgan fingerprint density at radius 2 is 1.68 bits per heavy atom. The van der Waals surface area contributed by atoms with Gasteiger partial charge in [-0.2, -0.15) is 0 Å². The molecule has 8 heteroatoms. The number of para-hydroxylation sites is 1. The minimum atomic E-state index is -0.521. The summed E-state index contributed by atoms with van der Waals surface area (Å²) in [6.45, 7) is 2.51. The van der Waals surface area contributed by atoms with Crippen molar-refractivity contribution in [2.75, 3.05) is 4.90 Å². The third-order valence-corrected chi connectivity index (χ3v) is 6.68. The average Bonchev–Trinajstić information content (AvgIpc) is 3.23. The zero-order valence-electron chi connectivity index (χ0n) is 18.0. The maximum Gasteiger partial charge on any atom is 0.333 e.